The molecule has 170 valence electrons. The lowest BCUT2D eigenvalue weighted by atomic mass is 10.0. The lowest BCUT2D eigenvalue weighted by Crippen LogP contribution is -2.51. The van der Waals surface area contributed by atoms with Crippen molar-refractivity contribution in [2.75, 3.05) is 32.1 Å². The summed E-state index contributed by atoms with van der Waals surface area (Å²) in [6, 6.07) is 19.0. The van der Waals surface area contributed by atoms with Gasteiger partial charge >= 0.3 is 0 Å². The SMILES string of the molecule is COc1ccc(C(=O)N2CCN(C(C)=O)C[C@H]2c2ccccc2)cc1NCc1ccncc1. The van der Waals surface area contributed by atoms with E-state index in [0.29, 0.717) is 37.5 Å². The largest absolute Gasteiger partial charge is 0.495 e. The van der Waals surface area contributed by atoms with Gasteiger partial charge in [0.05, 0.1) is 18.8 Å². The third-order valence-corrected chi connectivity index (χ3v) is 5.95. The Kier molecular flexibility index (Phi) is 6.88. The van der Waals surface area contributed by atoms with Crippen molar-refractivity contribution in [2.24, 2.45) is 0 Å². The zero-order valence-corrected chi connectivity index (χ0v) is 18.9. The standard InChI is InChI=1S/C26H28N4O3/c1-19(31)29-14-15-30(24(18-29)21-6-4-3-5-7-21)26(32)22-8-9-25(33-2)23(16-22)28-17-20-10-12-27-13-11-20/h3-13,16,24,28H,14-15,17-18H2,1-2H3/t24-/m0/s1. The van der Waals surface area contributed by atoms with Gasteiger partial charge in [0, 0.05) is 51.1 Å². The number of pyridine rings is 1. The number of hydrogen-bond acceptors (Lipinski definition) is 5. The molecule has 0 spiro atoms. The Morgan fingerprint density at radius 2 is 1.82 bits per heavy atom. The van der Waals surface area contributed by atoms with E-state index in [4.69, 9.17) is 4.74 Å². The molecule has 1 fully saturated rings. The van der Waals surface area contributed by atoms with Crippen molar-refractivity contribution in [2.45, 2.75) is 19.5 Å². The number of carbonyl (C=O) groups excluding carboxylic acids is 2. The molecule has 0 aliphatic carbocycles. The Hall–Kier alpha value is -3.87. The smallest absolute Gasteiger partial charge is 0.254 e. The number of benzene rings is 2. The summed E-state index contributed by atoms with van der Waals surface area (Å²) in [6.45, 7) is 3.64. The van der Waals surface area contributed by atoms with Gasteiger partial charge in [-0.1, -0.05) is 30.3 Å². The van der Waals surface area contributed by atoms with Crippen LogP contribution in [0.4, 0.5) is 5.69 Å². The van der Waals surface area contributed by atoms with Gasteiger partial charge in [-0.05, 0) is 41.5 Å². The molecule has 4 rings (SSSR count). The van der Waals surface area contributed by atoms with Crippen molar-refractivity contribution >= 4 is 17.5 Å². The minimum Gasteiger partial charge on any atom is -0.495 e. The van der Waals surface area contributed by atoms with Crippen LogP contribution < -0.4 is 10.1 Å². The van der Waals surface area contributed by atoms with Crippen molar-refractivity contribution in [3.8, 4) is 5.75 Å². The van der Waals surface area contributed by atoms with E-state index in [-0.39, 0.29) is 17.9 Å². The maximum absolute atomic E-state index is 13.6. The van der Waals surface area contributed by atoms with Crippen LogP contribution in [-0.2, 0) is 11.3 Å². The van der Waals surface area contributed by atoms with E-state index >= 15 is 0 Å². The molecular weight excluding hydrogens is 416 g/mol. The molecule has 3 aromatic rings. The number of aromatic nitrogens is 1. The van der Waals surface area contributed by atoms with Crippen LogP contribution in [0.2, 0.25) is 0 Å². The highest BCUT2D eigenvalue weighted by molar-refractivity contribution is 5.96. The van der Waals surface area contributed by atoms with Crippen LogP contribution in [0, 0.1) is 0 Å². The highest BCUT2D eigenvalue weighted by Gasteiger charge is 2.33. The fourth-order valence-corrected chi connectivity index (χ4v) is 4.12. The first-order valence-electron chi connectivity index (χ1n) is 11.0. The molecule has 2 amide bonds. The number of rotatable bonds is 6. The summed E-state index contributed by atoms with van der Waals surface area (Å²) in [5.41, 5.74) is 3.42. The number of ether oxygens (including phenoxy) is 1. The van der Waals surface area contributed by atoms with Gasteiger partial charge in [0.2, 0.25) is 5.91 Å². The predicted molar refractivity (Wildman–Crippen MR) is 127 cm³/mol. The normalized spacial score (nSPS) is 15.8. The Morgan fingerprint density at radius 3 is 2.52 bits per heavy atom. The van der Waals surface area contributed by atoms with E-state index in [1.165, 1.54) is 0 Å². The summed E-state index contributed by atoms with van der Waals surface area (Å²) in [7, 11) is 1.61. The quantitative estimate of drug-likeness (QED) is 0.627. The second-order valence-corrected chi connectivity index (χ2v) is 8.01. The van der Waals surface area contributed by atoms with E-state index in [0.717, 1.165) is 16.8 Å². The second kappa shape index (κ2) is 10.2. The average Bonchev–Trinajstić information content (AvgIpc) is 2.87. The van der Waals surface area contributed by atoms with Gasteiger partial charge in [0.25, 0.3) is 5.91 Å². The summed E-state index contributed by atoms with van der Waals surface area (Å²) >= 11 is 0. The van der Waals surface area contributed by atoms with Crippen molar-refractivity contribution in [1.29, 1.82) is 0 Å². The fraction of sp³-hybridized carbons (Fsp3) is 0.269. The van der Waals surface area contributed by atoms with Crippen LogP contribution in [0.5, 0.6) is 5.75 Å². The first kappa shape index (κ1) is 22.3. The van der Waals surface area contributed by atoms with Crippen LogP contribution >= 0.6 is 0 Å². The Morgan fingerprint density at radius 1 is 1.06 bits per heavy atom. The molecule has 7 nitrogen and oxygen atoms in total. The zero-order chi connectivity index (χ0) is 23.2. The topological polar surface area (TPSA) is 74.8 Å². The molecule has 0 bridgehead atoms. The molecule has 0 saturated carbocycles. The minimum atomic E-state index is -0.202. The van der Waals surface area contributed by atoms with Gasteiger partial charge < -0.3 is 19.9 Å². The summed E-state index contributed by atoms with van der Waals surface area (Å²) in [5.74, 6) is 0.623. The first-order chi connectivity index (χ1) is 16.1. The molecule has 2 aromatic carbocycles. The molecule has 1 aliphatic rings. The minimum absolute atomic E-state index is 0.0232. The maximum atomic E-state index is 13.6. The predicted octanol–water partition coefficient (Wildman–Crippen LogP) is 3.75. The number of carbonyl (C=O) groups is 2. The van der Waals surface area contributed by atoms with E-state index in [1.54, 1.807) is 37.4 Å². The molecule has 1 saturated heterocycles. The molecule has 7 heteroatoms. The highest BCUT2D eigenvalue weighted by Crippen LogP contribution is 2.30. The van der Waals surface area contributed by atoms with Gasteiger partial charge in [0.1, 0.15) is 5.75 Å². The second-order valence-electron chi connectivity index (χ2n) is 8.01. The van der Waals surface area contributed by atoms with Gasteiger partial charge in [-0.25, -0.2) is 0 Å². The van der Waals surface area contributed by atoms with E-state index < -0.39 is 0 Å². The number of methoxy groups -OCH3 is 1. The summed E-state index contributed by atoms with van der Waals surface area (Å²) in [6.07, 6.45) is 3.50. The lowest BCUT2D eigenvalue weighted by molar-refractivity contribution is -0.131. The third-order valence-electron chi connectivity index (χ3n) is 5.95. The zero-order valence-electron chi connectivity index (χ0n) is 18.9. The first-order valence-corrected chi connectivity index (χ1v) is 11.0. The van der Waals surface area contributed by atoms with E-state index in [1.807, 2.05) is 59.5 Å². The Balaban J connectivity index is 1.59. The number of amides is 2. The summed E-state index contributed by atoms with van der Waals surface area (Å²) < 4.78 is 5.50. The number of piperazine rings is 1. The van der Waals surface area contributed by atoms with E-state index in [2.05, 4.69) is 10.3 Å². The molecule has 1 atom stereocenters. The van der Waals surface area contributed by atoms with Crippen LogP contribution in [-0.4, -0.2) is 53.3 Å². The average molecular weight is 445 g/mol. The molecule has 1 aliphatic heterocycles. The number of anilines is 1. The fourth-order valence-electron chi connectivity index (χ4n) is 4.12. The van der Waals surface area contributed by atoms with Gasteiger partial charge in [0.15, 0.2) is 0 Å². The van der Waals surface area contributed by atoms with Crippen LogP contribution in [0.3, 0.4) is 0 Å². The maximum Gasteiger partial charge on any atom is 0.254 e. The van der Waals surface area contributed by atoms with Crippen molar-refractivity contribution in [3.63, 3.8) is 0 Å². The number of nitrogens with one attached hydrogen (secondary N) is 1. The highest BCUT2D eigenvalue weighted by atomic mass is 16.5. The van der Waals surface area contributed by atoms with Gasteiger partial charge in [-0.2, -0.15) is 0 Å². The van der Waals surface area contributed by atoms with Crippen LogP contribution in [0.15, 0.2) is 73.1 Å². The van der Waals surface area contributed by atoms with Crippen LogP contribution in [0.25, 0.3) is 0 Å². The molecule has 0 unspecified atom stereocenters. The van der Waals surface area contributed by atoms with E-state index in [9.17, 15) is 9.59 Å². The number of nitrogens with zero attached hydrogens (tertiary/aromatic N) is 3. The summed E-state index contributed by atoms with van der Waals surface area (Å²) in [5, 5.41) is 3.37. The lowest BCUT2D eigenvalue weighted by Gasteiger charge is -2.41. The molecule has 0 radical (unpaired) electrons. The van der Waals surface area contributed by atoms with Gasteiger partial charge in [-0.15, -0.1) is 0 Å². The van der Waals surface area contributed by atoms with Crippen molar-refractivity contribution < 1.29 is 14.3 Å². The van der Waals surface area contributed by atoms with Crippen LogP contribution in [0.1, 0.15) is 34.5 Å². The summed E-state index contributed by atoms with van der Waals surface area (Å²) in [4.78, 5) is 33.4. The third kappa shape index (κ3) is 5.14. The molecular formula is C26H28N4O3. The molecule has 1 aromatic heterocycles. The monoisotopic (exact) mass is 444 g/mol. The Labute approximate surface area is 194 Å². The number of hydrogen-bond donors (Lipinski definition) is 1. The molecule has 33 heavy (non-hydrogen) atoms. The Bertz CT molecular complexity index is 1110. The molecule has 1 N–H and O–H groups in total. The van der Waals surface area contributed by atoms with Crippen molar-refractivity contribution in [1.82, 2.24) is 14.8 Å². The molecule has 2 heterocycles. The van der Waals surface area contributed by atoms with Gasteiger partial charge in [-0.3, -0.25) is 14.6 Å². The van der Waals surface area contributed by atoms with Crippen molar-refractivity contribution in [3.05, 3.63) is 89.7 Å².